The molecule has 0 aliphatic heterocycles. The largest absolute Gasteiger partial charge is 0.306 e. The van der Waals surface area contributed by atoms with Crippen molar-refractivity contribution in [2.45, 2.75) is 13.0 Å². The van der Waals surface area contributed by atoms with Gasteiger partial charge in [-0.05, 0) is 12.1 Å². The second kappa shape index (κ2) is 5.09. The van der Waals surface area contributed by atoms with Crippen LogP contribution in [0, 0.1) is 0 Å². The lowest BCUT2D eigenvalue weighted by atomic mass is 10.3. The Bertz CT molecular complexity index is 251. The van der Waals surface area contributed by atoms with Crippen molar-refractivity contribution in [2.24, 2.45) is 0 Å². The molecule has 0 aliphatic carbocycles. The quantitative estimate of drug-likeness (QED) is 0.816. The molecule has 1 aromatic heterocycles. The Balaban J connectivity index is 2.33. The van der Waals surface area contributed by atoms with E-state index in [-0.39, 0.29) is 6.54 Å². The smallest absolute Gasteiger partial charge is 0.250 e. The van der Waals surface area contributed by atoms with Gasteiger partial charge in [-0.2, -0.15) is 0 Å². The van der Waals surface area contributed by atoms with Crippen LogP contribution in [0.25, 0.3) is 0 Å². The van der Waals surface area contributed by atoms with Gasteiger partial charge < -0.3 is 5.32 Å². The van der Waals surface area contributed by atoms with Crippen LogP contribution in [0.4, 0.5) is 8.78 Å². The van der Waals surface area contributed by atoms with E-state index in [1.54, 1.807) is 12.1 Å². The third-order valence-electron chi connectivity index (χ3n) is 1.39. The van der Waals surface area contributed by atoms with E-state index in [9.17, 15) is 8.78 Å². The molecule has 1 aromatic rings. The number of alkyl halides is 2. The fraction of sp³-hybridized carbons (Fsp3) is 0.375. The van der Waals surface area contributed by atoms with Crippen LogP contribution in [0.2, 0.25) is 5.02 Å². The average molecular weight is 207 g/mol. The number of pyridine rings is 1. The Hall–Kier alpha value is -0.740. The molecule has 0 spiro atoms. The van der Waals surface area contributed by atoms with Crippen molar-refractivity contribution in [3.8, 4) is 0 Å². The molecule has 0 saturated heterocycles. The minimum Gasteiger partial charge on any atom is -0.306 e. The zero-order valence-electron chi connectivity index (χ0n) is 6.80. The maximum absolute atomic E-state index is 11.7. The van der Waals surface area contributed by atoms with Gasteiger partial charge in [0.1, 0.15) is 0 Å². The molecule has 1 rings (SSSR count). The second-order valence-corrected chi connectivity index (χ2v) is 2.93. The summed E-state index contributed by atoms with van der Waals surface area (Å²) >= 11 is 5.59. The molecule has 0 atom stereocenters. The Morgan fingerprint density at radius 2 is 2.23 bits per heavy atom. The van der Waals surface area contributed by atoms with E-state index in [0.717, 1.165) is 0 Å². The summed E-state index contributed by atoms with van der Waals surface area (Å²) in [5.41, 5.74) is 0.699. The summed E-state index contributed by atoms with van der Waals surface area (Å²) in [5, 5.41) is 3.10. The lowest BCUT2D eigenvalue weighted by Crippen LogP contribution is -2.21. The molecule has 13 heavy (non-hydrogen) atoms. The summed E-state index contributed by atoms with van der Waals surface area (Å²) in [4.78, 5) is 3.94. The first-order chi connectivity index (χ1) is 6.18. The van der Waals surface area contributed by atoms with Crippen molar-refractivity contribution < 1.29 is 8.78 Å². The van der Waals surface area contributed by atoms with Crippen LogP contribution in [0.1, 0.15) is 5.69 Å². The highest BCUT2D eigenvalue weighted by Crippen LogP contribution is 2.05. The molecule has 0 radical (unpaired) electrons. The Morgan fingerprint density at radius 1 is 1.46 bits per heavy atom. The van der Waals surface area contributed by atoms with Gasteiger partial charge in [-0.15, -0.1) is 0 Å². The van der Waals surface area contributed by atoms with Gasteiger partial charge in [-0.1, -0.05) is 11.6 Å². The van der Waals surface area contributed by atoms with Gasteiger partial charge in [-0.25, -0.2) is 8.78 Å². The SMILES string of the molecule is FC(F)CNCc1ccc(Cl)cn1. The first-order valence-corrected chi connectivity index (χ1v) is 4.15. The molecule has 0 fully saturated rings. The van der Waals surface area contributed by atoms with Crippen LogP contribution in [0.3, 0.4) is 0 Å². The highest BCUT2D eigenvalue weighted by atomic mass is 35.5. The maximum Gasteiger partial charge on any atom is 0.250 e. The molecule has 72 valence electrons. The Labute approximate surface area is 79.9 Å². The van der Waals surface area contributed by atoms with Crippen LogP contribution in [-0.2, 0) is 6.54 Å². The summed E-state index contributed by atoms with van der Waals surface area (Å²) in [6, 6.07) is 3.37. The monoisotopic (exact) mass is 206 g/mol. The highest BCUT2D eigenvalue weighted by molar-refractivity contribution is 6.30. The fourth-order valence-electron chi connectivity index (χ4n) is 0.820. The van der Waals surface area contributed by atoms with Crippen molar-refractivity contribution in [2.75, 3.05) is 6.54 Å². The minimum atomic E-state index is -2.33. The summed E-state index contributed by atoms with van der Waals surface area (Å²) in [6.45, 7) is 0.0197. The van der Waals surface area contributed by atoms with Crippen LogP contribution >= 0.6 is 11.6 Å². The number of hydrogen-bond acceptors (Lipinski definition) is 2. The van der Waals surface area contributed by atoms with E-state index in [1.165, 1.54) is 6.20 Å². The van der Waals surface area contributed by atoms with Crippen molar-refractivity contribution >= 4 is 11.6 Å². The molecule has 5 heteroatoms. The van der Waals surface area contributed by atoms with Crippen LogP contribution < -0.4 is 5.32 Å². The number of rotatable bonds is 4. The average Bonchev–Trinajstić information content (AvgIpc) is 2.08. The second-order valence-electron chi connectivity index (χ2n) is 2.49. The van der Waals surface area contributed by atoms with Crippen molar-refractivity contribution in [3.63, 3.8) is 0 Å². The molecule has 0 aliphatic rings. The third kappa shape index (κ3) is 4.15. The first-order valence-electron chi connectivity index (χ1n) is 3.78. The number of aromatic nitrogens is 1. The maximum atomic E-state index is 11.7. The molecule has 0 bridgehead atoms. The van der Waals surface area contributed by atoms with Gasteiger partial charge in [0.25, 0.3) is 6.43 Å². The van der Waals surface area contributed by atoms with Gasteiger partial charge in [0.2, 0.25) is 0 Å². The summed E-state index contributed by atoms with van der Waals surface area (Å²) in [7, 11) is 0. The lowest BCUT2D eigenvalue weighted by molar-refractivity contribution is 0.145. The van der Waals surface area contributed by atoms with E-state index in [0.29, 0.717) is 17.3 Å². The molecule has 0 aromatic carbocycles. The van der Waals surface area contributed by atoms with Crippen molar-refractivity contribution in [1.82, 2.24) is 10.3 Å². The Kier molecular flexibility index (Phi) is 4.05. The van der Waals surface area contributed by atoms with Crippen molar-refractivity contribution in [3.05, 3.63) is 29.0 Å². The van der Waals surface area contributed by atoms with Crippen LogP contribution in [-0.4, -0.2) is 18.0 Å². The molecule has 1 heterocycles. The fourth-order valence-corrected chi connectivity index (χ4v) is 0.932. The summed E-state index contributed by atoms with van der Waals surface area (Å²) < 4.78 is 23.4. The topological polar surface area (TPSA) is 24.9 Å². The Morgan fingerprint density at radius 3 is 2.77 bits per heavy atom. The van der Waals surface area contributed by atoms with Gasteiger partial charge in [-0.3, -0.25) is 4.98 Å². The summed E-state index contributed by atoms with van der Waals surface area (Å²) in [6.07, 6.45) is -0.840. The van der Waals surface area contributed by atoms with E-state index >= 15 is 0 Å². The standard InChI is InChI=1S/C8H9ClF2N2/c9-6-1-2-7(13-3-6)4-12-5-8(10)11/h1-3,8,12H,4-5H2. The zero-order valence-corrected chi connectivity index (χ0v) is 7.56. The van der Waals surface area contributed by atoms with E-state index in [1.807, 2.05) is 0 Å². The van der Waals surface area contributed by atoms with Gasteiger partial charge in [0.15, 0.2) is 0 Å². The van der Waals surface area contributed by atoms with Gasteiger partial charge in [0, 0.05) is 12.7 Å². The van der Waals surface area contributed by atoms with Crippen LogP contribution in [0.5, 0.6) is 0 Å². The van der Waals surface area contributed by atoms with Gasteiger partial charge >= 0.3 is 0 Å². The molecule has 0 amide bonds. The van der Waals surface area contributed by atoms with Gasteiger partial charge in [0.05, 0.1) is 17.3 Å². The zero-order chi connectivity index (χ0) is 9.68. The number of nitrogens with one attached hydrogen (secondary N) is 1. The van der Waals surface area contributed by atoms with E-state index in [4.69, 9.17) is 11.6 Å². The van der Waals surface area contributed by atoms with E-state index < -0.39 is 6.43 Å². The minimum absolute atomic E-state index is 0.315. The number of nitrogens with zero attached hydrogens (tertiary/aromatic N) is 1. The molecule has 0 saturated carbocycles. The van der Waals surface area contributed by atoms with Crippen molar-refractivity contribution in [1.29, 1.82) is 0 Å². The predicted molar refractivity (Wildman–Crippen MR) is 47.0 cm³/mol. The predicted octanol–water partition coefficient (Wildman–Crippen LogP) is 2.09. The van der Waals surface area contributed by atoms with E-state index in [2.05, 4.69) is 10.3 Å². The molecular formula is C8H9ClF2N2. The number of hydrogen-bond donors (Lipinski definition) is 1. The lowest BCUT2D eigenvalue weighted by Gasteiger charge is -2.02. The normalized spacial score (nSPS) is 10.8. The van der Waals surface area contributed by atoms with Crippen LogP contribution in [0.15, 0.2) is 18.3 Å². The third-order valence-corrected chi connectivity index (χ3v) is 1.62. The molecular weight excluding hydrogens is 198 g/mol. The molecule has 2 nitrogen and oxygen atoms in total. The number of halogens is 3. The highest BCUT2D eigenvalue weighted by Gasteiger charge is 2.01. The molecule has 1 N–H and O–H groups in total. The first kappa shape index (κ1) is 10.3. The summed E-state index contributed by atoms with van der Waals surface area (Å²) in [5.74, 6) is 0. The molecule has 0 unspecified atom stereocenters.